The van der Waals surface area contributed by atoms with Crippen LogP contribution >= 0.6 is 11.3 Å². The first-order valence-corrected chi connectivity index (χ1v) is 10.2. The van der Waals surface area contributed by atoms with Gasteiger partial charge in [0.1, 0.15) is 5.01 Å². The standard InChI is InChI=1S/C20H25N5S/c1-2-5-19-18(4-1)23-20(26-19)15-25(14-17-6-8-21-9-7-17)12-3-11-24-13-10-22-16-24/h6-10,13,16H,1-5,11-12,14-15H2. The zero-order valence-corrected chi connectivity index (χ0v) is 15.9. The van der Waals surface area contributed by atoms with Crippen molar-refractivity contribution in [2.24, 2.45) is 0 Å². The molecule has 1 aliphatic rings. The zero-order valence-electron chi connectivity index (χ0n) is 15.0. The van der Waals surface area contributed by atoms with Gasteiger partial charge < -0.3 is 4.57 Å². The Morgan fingerprint density at radius 3 is 2.73 bits per heavy atom. The molecule has 4 rings (SSSR count). The summed E-state index contributed by atoms with van der Waals surface area (Å²) in [7, 11) is 0. The van der Waals surface area contributed by atoms with Crippen molar-refractivity contribution in [1.82, 2.24) is 24.4 Å². The number of hydrogen-bond acceptors (Lipinski definition) is 5. The molecule has 0 unspecified atom stereocenters. The second-order valence-electron chi connectivity index (χ2n) is 6.90. The fraction of sp³-hybridized carbons (Fsp3) is 0.450. The summed E-state index contributed by atoms with van der Waals surface area (Å²) in [5.41, 5.74) is 2.67. The van der Waals surface area contributed by atoms with E-state index in [0.717, 1.165) is 39.0 Å². The Balaban J connectivity index is 1.41. The van der Waals surface area contributed by atoms with Crippen LogP contribution in [0.15, 0.2) is 43.2 Å². The van der Waals surface area contributed by atoms with Gasteiger partial charge in [-0.15, -0.1) is 11.3 Å². The molecule has 0 saturated heterocycles. The molecule has 3 aromatic rings. The third-order valence-electron chi connectivity index (χ3n) is 4.85. The first kappa shape index (κ1) is 17.4. The van der Waals surface area contributed by atoms with Gasteiger partial charge in [-0.05, 0) is 49.8 Å². The van der Waals surface area contributed by atoms with Gasteiger partial charge >= 0.3 is 0 Å². The molecular formula is C20H25N5S. The van der Waals surface area contributed by atoms with Gasteiger partial charge in [-0.25, -0.2) is 9.97 Å². The lowest BCUT2D eigenvalue weighted by molar-refractivity contribution is 0.248. The van der Waals surface area contributed by atoms with Crippen LogP contribution in [0.3, 0.4) is 0 Å². The second-order valence-corrected chi connectivity index (χ2v) is 8.07. The summed E-state index contributed by atoms with van der Waals surface area (Å²) < 4.78 is 2.15. The lowest BCUT2D eigenvalue weighted by Gasteiger charge is -2.21. The van der Waals surface area contributed by atoms with Crippen molar-refractivity contribution in [3.05, 3.63) is 64.4 Å². The Morgan fingerprint density at radius 2 is 1.92 bits per heavy atom. The van der Waals surface area contributed by atoms with Crippen LogP contribution in [0, 0.1) is 0 Å². The number of aromatic nitrogens is 4. The van der Waals surface area contributed by atoms with Gasteiger partial charge in [-0.3, -0.25) is 9.88 Å². The van der Waals surface area contributed by atoms with E-state index in [1.807, 2.05) is 42.5 Å². The van der Waals surface area contributed by atoms with Crippen molar-refractivity contribution in [3.63, 3.8) is 0 Å². The predicted octanol–water partition coefficient (Wildman–Crippen LogP) is 3.71. The van der Waals surface area contributed by atoms with Crippen LogP contribution in [-0.2, 0) is 32.5 Å². The van der Waals surface area contributed by atoms with Crippen LogP contribution in [0.1, 0.15) is 40.4 Å². The number of pyridine rings is 1. The van der Waals surface area contributed by atoms with E-state index in [1.54, 1.807) is 0 Å². The summed E-state index contributed by atoms with van der Waals surface area (Å²) in [6.45, 7) is 3.92. The molecule has 0 bridgehead atoms. The van der Waals surface area contributed by atoms with E-state index in [4.69, 9.17) is 4.98 Å². The van der Waals surface area contributed by atoms with E-state index in [9.17, 15) is 0 Å². The van der Waals surface area contributed by atoms with Crippen molar-refractivity contribution in [1.29, 1.82) is 0 Å². The Kier molecular flexibility index (Phi) is 5.72. The number of hydrogen-bond donors (Lipinski definition) is 0. The van der Waals surface area contributed by atoms with Crippen molar-refractivity contribution in [3.8, 4) is 0 Å². The number of thiazole rings is 1. The van der Waals surface area contributed by atoms with E-state index in [1.165, 1.54) is 40.4 Å². The molecule has 0 saturated carbocycles. The highest BCUT2D eigenvalue weighted by atomic mass is 32.1. The smallest absolute Gasteiger partial charge is 0.107 e. The summed E-state index contributed by atoms with van der Waals surface area (Å²) in [4.78, 5) is 17.2. The number of nitrogens with zero attached hydrogens (tertiary/aromatic N) is 5. The molecule has 0 N–H and O–H groups in total. The molecule has 0 radical (unpaired) electrons. The minimum Gasteiger partial charge on any atom is -0.337 e. The van der Waals surface area contributed by atoms with Crippen LogP contribution in [0.25, 0.3) is 0 Å². The van der Waals surface area contributed by atoms with Crippen LogP contribution in [-0.4, -0.2) is 31.0 Å². The largest absolute Gasteiger partial charge is 0.337 e. The van der Waals surface area contributed by atoms with Gasteiger partial charge in [-0.1, -0.05) is 0 Å². The average molecular weight is 368 g/mol. The molecule has 5 nitrogen and oxygen atoms in total. The number of imidazole rings is 1. The summed E-state index contributed by atoms with van der Waals surface area (Å²) in [5, 5.41) is 1.27. The lowest BCUT2D eigenvalue weighted by atomic mass is 10.0. The van der Waals surface area contributed by atoms with Gasteiger partial charge in [0.25, 0.3) is 0 Å². The molecule has 0 amide bonds. The molecule has 0 aromatic carbocycles. The van der Waals surface area contributed by atoms with E-state index in [-0.39, 0.29) is 0 Å². The third kappa shape index (κ3) is 4.56. The molecule has 0 spiro atoms. The molecule has 0 atom stereocenters. The fourth-order valence-corrected chi connectivity index (χ4v) is 4.72. The molecular weight excluding hydrogens is 342 g/mol. The molecule has 136 valence electrons. The topological polar surface area (TPSA) is 46.8 Å². The van der Waals surface area contributed by atoms with Crippen molar-refractivity contribution in [2.75, 3.05) is 6.54 Å². The van der Waals surface area contributed by atoms with Crippen LogP contribution in [0.4, 0.5) is 0 Å². The second kappa shape index (κ2) is 8.56. The maximum absolute atomic E-state index is 4.94. The van der Waals surface area contributed by atoms with Gasteiger partial charge in [0, 0.05) is 49.3 Å². The Labute approximate surface area is 158 Å². The average Bonchev–Trinajstić information content (AvgIpc) is 3.31. The first-order valence-electron chi connectivity index (χ1n) is 9.41. The predicted molar refractivity (Wildman–Crippen MR) is 104 cm³/mol. The monoisotopic (exact) mass is 367 g/mol. The third-order valence-corrected chi connectivity index (χ3v) is 6.00. The molecule has 26 heavy (non-hydrogen) atoms. The van der Waals surface area contributed by atoms with Gasteiger partial charge in [0.05, 0.1) is 18.6 Å². The van der Waals surface area contributed by atoms with E-state index >= 15 is 0 Å². The number of rotatable bonds is 8. The van der Waals surface area contributed by atoms with Crippen molar-refractivity contribution < 1.29 is 0 Å². The summed E-state index contributed by atoms with van der Waals surface area (Å²) in [5.74, 6) is 0. The summed E-state index contributed by atoms with van der Waals surface area (Å²) in [6, 6.07) is 4.21. The molecule has 0 aliphatic heterocycles. The SMILES string of the molecule is c1cc(CN(CCCn2ccnc2)Cc2nc3c(s2)CCCC3)ccn1. The Bertz CT molecular complexity index is 773. The maximum Gasteiger partial charge on any atom is 0.107 e. The van der Waals surface area contributed by atoms with Crippen molar-refractivity contribution in [2.45, 2.75) is 51.7 Å². The van der Waals surface area contributed by atoms with Gasteiger partial charge in [0.15, 0.2) is 0 Å². The Morgan fingerprint density at radius 1 is 1.04 bits per heavy atom. The molecule has 3 aromatic heterocycles. The zero-order chi connectivity index (χ0) is 17.6. The minimum atomic E-state index is 0.934. The minimum absolute atomic E-state index is 0.934. The van der Waals surface area contributed by atoms with Crippen LogP contribution in [0.2, 0.25) is 0 Å². The van der Waals surface area contributed by atoms with E-state index in [0.29, 0.717) is 0 Å². The number of fused-ring (bicyclic) bond motifs is 1. The number of aryl methyl sites for hydroxylation is 3. The van der Waals surface area contributed by atoms with Crippen LogP contribution in [0.5, 0.6) is 0 Å². The lowest BCUT2D eigenvalue weighted by Crippen LogP contribution is -2.25. The molecule has 0 fully saturated rings. The van der Waals surface area contributed by atoms with Crippen molar-refractivity contribution >= 4 is 11.3 Å². The summed E-state index contributed by atoms with van der Waals surface area (Å²) >= 11 is 1.93. The van der Waals surface area contributed by atoms with Gasteiger partial charge in [0.2, 0.25) is 0 Å². The van der Waals surface area contributed by atoms with E-state index < -0.39 is 0 Å². The maximum atomic E-state index is 4.94. The highest BCUT2D eigenvalue weighted by Gasteiger charge is 2.17. The fourth-order valence-electron chi connectivity index (χ4n) is 3.52. The van der Waals surface area contributed by atoms with E-state index in [2.05, 4.69) is 31.6 Å². The normalized spacial score (nSPS) is 13.9. The highest BCUT2D eigenvalue weighted by molar-refractivity contribution is 7.11. The molecule has 6 heteroatoms. The van der Waals surface area contributed by atoms with Crippen LogP contribution < -0.4 is 0 Å². The quantitative estimate of drug-likeness (QED) is 0.609. The van der Waals surface area contributed by atoms with Gasteiger partial charge in [-0.2, -0.15) is 0 Å². The molecule has 3 heterocycles. The Hall–Kier alpha value is -2.05. The molecule has 1 aliphatic carbocycles. The highest BCUT2D eigenvalue weighted by Crippen LogP contribution is 2.27. The first-order chi connectivity index (χ1) is 12.9. The summed E-state index contributed by atoms with van der Waals surface area (Å²) in [6.07, 6.45) is 15.6.